The molecule has 2 aliphatic rings. The molecular formula is C27H27ClFN3O3S. The molecule has 2 heterocycles. The number of carboxylic acids is 1. The van der Waals surface area contributed by atoms with Gasteiger partial charge in [0.1, 0.15) is 11.0 Å². The largest absolute Gasteiger partial charge is 0.476 e. The van der Waals surface area contributed by atoms with Crippen LogP contribution in [0.1, 0.15) is 42.6 Å². The fraction of sp³-hybridized carbons (Fsp3) is 0.333. The van der Waals surface area contributed by atoms with E-state index in [-0.39, 0.29) is 11.7 Å². The second kappa shape index (κ2) is 10.3. The van der Waals surface area contributed by atoms with Crippen molar-refractivity contribution in [1.82, 2.24) is 9.29 Å². The van der Waals surface area contributed by atoms with E-state index in [1.165, 1.54) is 25.3 Å². The molecule has 36 heavy (non-hydrogen) atoms. The van der Waals surface area contributed by atoms with Gasteiger partial charge >= 0.3 is 5.97 Å². The zero-order valence-electron chi connectivity index (χ0n) is 19.9. The number of fused-ring (bicyclic) bond motifs is 1. The van der Waals surface area contributed by atoms with Gasteiger partial charge in [-0.3, -0.25) is 0 Å². The summed E-state index contributed by atoms with van der Waals surface area (Å²) < 4.78 is 29.9. The molecule has 0 amide bonds. The summed E-state index contributed by atoms with van der Waals surface area (Å²) in [4.78, 5) is 18.2. The third-order valence-electron chi connectivity index (χ3n) is 7.21. The Balaban J connectivity index is 1.66. The van der Waals surface area contributed by atoms with Crippen LogP contribution in [0, 0.1) is 11.7 Å². The van der Waals surface area contributed by atoms with Gasteiger partial charge in [0, 0.05) is 30.9 Å². The molecule has 188 valence electrons. The highest BCUT2D eigenvalue weighted by molar-refractivity contribution is 7.82. The quantitative estimate of drug-likeness (QED) is 0.431. The fourth-order valence-electron chi connectivity index (χ4n) is 5.33. The van der Waals surface area contributed by atoms with E-state index in [1.54, 1.807) is 12.1 Å². The SMILES string of the molecule is CN1[C@H](C2CCCCC2)CN(c2ccccc2)c2cc(Cl)c(-c3ccc(F)c(C(=O)O)n3)cc2S1=O. The second-order valence-corrected chi connectivity index (χ2v) is 11.3. The number of carbonyl (C=O) groups is 1. The maximum Gasteiger partial charge on any atom is 0.357 e. The van der Waals surface area contributed by atoms with E-state index < -0.39 is 28.5 Å². The van der Waals surface area contributed by atoms with Crippen molar-refractivity contribution in [2.24, 2.45) is 5.92 Å². The number of likely N-dealkylation sites (N-methyl/N-ethyl adjacent to an activating group) is 1. The Morgan fingerprint density at radius 3 is 2.53 bits per heavy atom. The molecule has 1 aliphatic carbocycles. The number of hydrogen-bond acceptors (Lipinski definition) is 4. The standard InChI is InChI=1S/C27H27ClFN3O3S/c1-31-24(17-8-4-2-5-9-17)16-32(18-10-6-3-7-11-18)23-15-20(28)19(14-25(23)36(31)35)22-13-12-21(29)26(30-22)27(33)34/h3,6-7,10-15,17,24H,2,4-5,8-9,16H2,1H3,(H,33,34)/t24-,36?/m0/s1. The van der Waals surface area contributed by atoms with Crippen molar-refractivity contribution in [3.05, 3.63) is 71.1 Å². The Morgan fingerprint density at radius 1 is 1.11 bits per heavy atom. The fourth-order valence-corrected chi connectivity index (χ4v) is 6.94. The Hall–Kier alpha value is -2.81. The predicted octanol–water partition coefficient (Wildman–Crippen LogP) is 6.29. The minimum absolute atomic E-state index is 0.0727. The number of para-hydroxylation sites is 1. The van der Waals surface area contributed by atoms with E-state index in [9.17, 15) is 18.5 Å². The maximum atomic E-state index is 14.0. The normalized spacial score (nSPS) is 21.1. The molecule has 5 rings (SSSR count). The third kappa shape index (κ3) is 4.65. The molecule has 0 saturated heterocycles. The molecule has 0 radical (unpaired) electrons. The number of pyridine rings is 1. The lowest BCUT2D eigenvalue weighted by atomic mass is 9.83. The number of nitrogens with zero attached hydrogens (tertiary/aromatic N) is 3. The molecule has 6 nitrogen and oxygen atoms in total. The maximum absolute atomic E-state index is 14.0. The summed E-state index contributed by atoms with van der Waals surface area (Å²) in [6.45, 7) is 0.664. The van der Waals surface area contributed by atoms with Crippen LogP contribution in [0.15, 0.2) is 59.5 Å². The van der Waals surface area contributed by atoms with Crippen molar-refractivity contribution in [2.75, 3.05) is 18.5 Å². The average molecular weight is 528 g/mol. The number of halogens is 2. The number of carboxylic acid groups (broad SMARTS) is 1. The number of anilines is 2. The van der Waals surface area contributed by atoms with Crippen LogP contribution in [0.3, 0.4) is 0 Å². The lowest BCUT2D eigenvalue weighted by Crippen LogP contribution is -2.44. The molecule has 0 bridgehead atoms. The molecule has 1 aliphatic heterocycles. The molecule has 3 aromatic rings. The molecule has 1 aromatic heterocycles. The van der Waals surface area contributed by atoms with Gasteiger partial charge in [0.25, 0.3) is 0 Å². The molecule has 1 unspecified atom stereocenters. The van der Waals surface area contributed by atoms with Crippen molar-refractivity contribution in [3.63, 3.8) is 0 Å². The van der Waals surface area contributed by atoms with Crippen LogP contribution in [-0.2, 0) is 11.0 Å². The van der Waals surface area contributed by atoms with Gasteiger partial charge in [-0.1, -0.05) is 49.1 Å². The number of aromatic carboxylic acids is 1. The van der Waals surface area contributed by atoms with Gasteiger partial charge in [-0.2, -0.15) is 0 Å². The lowest BCUT2D eigenvalue weighted by molar-refractivity contribution is 0.0685. The summed E-state index contributed by atoms with van der Waals surface area (Å²) in [5.74, 6) is -1.96. The van der Waals surface area contributed by atoms with Crippen molar-refractivity contribution in [3.8, 4) is 11.3 Å². The highest BCUT2D eigenvalue weighted by Crippen LogP contribution is 2.43. The van der Waals surface area contributed by atoms with Gasteiger partial charge in [-0.05, 0) is 55.2 Å². The Bertz CT molecular complexity index is 1320. The molecule has 2 atom stereocenters. The monoisotopic (exact) mass is 527 g/mol. The van der Waals surface area contributed by atoms with Gasteiger partial charge in [-0.15, -0.1) is 0 Å². The minimum Gasteiger partial charge on any atom is -0.476 e. The first-order valence-electron chi connectivity index (χ1n) is 12.1. The Kier molecular flexibility index (Phi) is 7.10. The van der Waals surface area contributed by atoms with E-state index in [1.807, 2.05) is 41.7 Å². The van der Waals surface area contributed by atoms with Crippen molar-refractivity contribution in [1.29, 1.82) is 0 Å². The van der Waals surface area contributed by atoms with Gasteiger partial charge in [0.15, 0.2) is 11.5 Å². The van der Waals surface area contributed by atoms with Gasteiger partial charge in [0.05, 0.1) is 21.3 Å². The summed E-state index contributed by atoms with van der Waals surface area (Å²) in [5.41, 5.74) is 1.65. The number of benzene rings is 2. The second-order valence-electron chi connectivity index (χ2n) is 9.34. The first-order valence-corrected chi connectivity index (χ1v) is 13.5. The summed E-state index contributed by atoms with van der Waals surface area (Å²) in [6.07, 6.45) is 5.81. The van der Waals surface area contributed by atoms with E-state index in [0.29, 0.717) is 27.9 Å². The first-order chi connectivity index (χ1) is 17.3. The topological polar surface area (TPSA) is 73.7 Å². The van der Waals surface area contributed by atoms with Crippen molar-refractivity contribution < 1.29 is 18.5 Å². The van der Waals surface area contributed by atoms with E-state index in [2.05, 4.69) is 9.88 Å². The molecule has 1 fully saturated rings. The van der Waals surface area contributed by atoms with Gasteiger partial charge < -0.3 is 10.0 Å². The van der Waals surface area contributed by atoms with Gasteiger partial charge in [-0.25, -0.2) is 22.7 Å². The smallest absolute Gasteiger partial charge is 0.357 e. The van der Waals surface area contributed by atoms with E-state index >= 15 is 0 Å². The van der Waals surface area contributed by atoms with E-state index in [0.717, 1.165) is 30.3 Å². The average Bonchev–Trinajstić information content (AvgIpc) is 2.99. The summed E-state index contributed by atoms with van der Waals surface area (Å²) in [7, 11) is 0.404. The Morgan fingerprint density at radius 2 is 1.83 bits per heavy atom. The molecule has 2 aromatic carbocycles. The van der Waals surface area contributed by atoms with Crippen molar-refractivity contribution >= 4 is 39.9 Å². The van der Waals surface area contributed by atoms with Crippen LogP contribution in [0.25, 0.3) is 11.3 Å². The first kappa shape index (κ1) is 24.9. The van der Waals surface area contributed by atoms with Crippen LogP contribution in [-0.4, -0.2) is 44.2 Å². The molecule has 1 N–H and O–H groups in total. The number of hydrogen-bond donors (Lipinski definition) is 1. The number of rotatable bonds is 4. The molecular weight excluding hydrogens is 501 g/mol. The highest BCUT2D eigenvalue weighted by atomic mass is 35.5. The zero-order chi connectivity index (χ0) is 25.4. The summed E-state index contributed by atoms with van der Waals surface area (Å²) in [6, 6.07) is 15.9. The lowest BCUT2D eigenvalue weighted by Gasteiger charge is -2.36. The van der Waals surface area contributed by atoms with Crippen LogP contribution >= 0.6 is 11.6 Å². The number of aromatic nitrogens is 1. The highest BCUT2D eigenvalue weighted by Gasteiger charge is 2.37. The minimum atomic E-state index is -1.50. The zero-order valence-corrected chi connectivity index (χ0v) is 21.4. The van der Waals surface area contributed by atoms with Crippen LogP contribution in [0.5, 0.6) is 0 Å². The molecule has 9 heteroatoms. The molecule has 1 saturated carbocycles. The third-order valence-corrected chi connectivity index (χ3v) is 9.02. The molecule has 0 spiro atoms. The van der Waals surface area contributed by atoms with Crippen molar-refractivity contribution in [2.45, 2.75) is 43.0 Å². The van der Waals surface area contributed by atoms with Gasteiger partial charge in [0.2, 0.25) is 0 Å². The predicted molar refractivity (Wildman–Crippen MR) is 140 cm³/mol. The Labute approximate surface area is 217 Å². The van der Waals surface area contributed by atoms with E-state index in [4.69, 9.17) is 11.6 Å². The summed E-state index contributed by atoms with van der Waals surface area (Å²) >= 11 is 6.72. The summed E-state index contributed by atoms with van der Waals surface area (Å²) in [5, 5.41) is 9.65. The van der Waals surface area contributed by atoms with Crippen LogP contribution in [0.4, 0.5) is 15.8 Å². The van der Waals surface area contributed by atoms with Crippen LogP contribution in [0.2, 0.25) is 5.02 Å². The van der Waals surface area contributed by atoms with Crippen LogP contribution < -0.4 is 4.90 Å².